The maximum Gasteiger partial charge on any atom is 0.0926 e. The molecule has 2 heteroatoms. The normalized spacial score (nSPS) is 16.9. The Balaban J connectivity index is 1.91. The number of hydrogen-bond acceptors (Lipinski definition) is 1. The van der Waals surface area contributed by atoms with E-state index in [-0.39, 0.29) is 0 Å². The van der Waals surface area contributed by atoms with Crippen molar-refractivity contribution in [3.63, 3.8) is 0 Å². The molecule has 1 aromatic heterocycles. The topological polar surface area (TPSA) is 17.8 Å². The Hall–Kier alpha value is -1.57. The van der Waals surface area contributed by atoms with Crippen LogP contribution in [0.4, 0.5) is 0 Å². The summed E-state index contributed by atoms with van der Waals surface area (Å²) in [5, 5.41) is 4.76. The van der Waals surface area contributed by atoms with Crippen LogP contribution >= 0.6 is 0 Å². The van der Waals surface area contributed by atoms with E-state index in [1.54, 1.807) is 0 Å². The monoisotopic (exact) mass is 239 g/mol. The van der Waals surface area contributed by atoms with Crippen molar-refractivity contribution in [3.8, 4) is 11.3 Å². The maximum atomic E-state index is 4.76. The molecule has 0 atom stereocenters. The van der Waals surface area contributed by atoms with E-state index in [0.29, 0.717) is 6.04 Å². The third-order valence-electron chi connectivity index (χ3n) is 3.80. The number of hydrogen-bond donors (Lipinski definition) is 0. The Kier molecular flexibility index (Phi) is 3.18. The van der Waals surface area contributed by atoms with Gasteiger partial charge in [-0.25, -0.2) is 0 Å². The van der Waals surface area contributed by atoms with Crippen molar-refractivity contribution in [1.29, 1.82) is 0 Å². The highest BCUT2D eigenvalue weighted by atomic mass is 15.3. The first kappa shape index (κ1) is 11.5. The van der Waals surface area contributed by atoms with Gasteiger partial charge in [-0.05, 0) is 25.8 Å². The summed E-state index contributed by atoms with van der Waals surface area (Å²) >= 11 is 0. The van der Waals surface area contributed by atoms with Crippen LogP contribution in [-0.4, -0.2) is 9.78 Å². The van der Waals surface area contributed by atoms with Crippen molar-refractivity contribution in [1.82, 2.24) is 9.78 Å². The molecule has 0 saturated heterocycles. The average molecular weight is 239 g/mol. The second-order valence-corrected chi connectivity index (χ2v) is 5.12. The third-order valence-corrected chi connectivity index (χ3v) is 3.80. The Morgan fingerprint density at radius 2 is 1.78 bits per heavy atom. The molecule has 1 aliphatic rings. The molecule has 0 amide bonds. The summed E-state index contributed by atoms with van der Waals surface area (Å²) in [7, 11) is 0. The summed E-state index contributed by atoms with van der Waals surface area (Å²) in [6.45, 7) is 4.14. The van der Waals surface area contributed by atoms with Crippen LogP contribution in [0.25, 0.3) is 11.3 Å². The summed E-state index contributed by atoms with van der Waals surface area (Å²) in [5.41, 5.74) is 3.27. The summed E-state index contributed by atoms with van der Waals surface area (Å²) in [6.07, 6.45) is 6.52. The van der Waals surface area contributed by atoms with Gasteiger partial charge in [0.1, 0.15) is 0 Å². The predicted molar refractivity (Wildman–Crippen MR) is 74.2 cm³/mol. The van der Waals surface area contributed by atoms with Gasteiger partial charge in [0.2, 0.25) is 0 Å². The zero-order valence-corrected chi connectivity index (χ0v) is 10.7. The van der Waals surface area contributed by atoms with Gasteiger partial charge in [0.15, 0.2) is 0 Å². The lowest BCUT2D eigenvalue weighted by atomic mass is 9.95. The first-order chi connectivity index (χ1) is 8.84. The molecule has 18 heavy (non-hydrogen) atoms. The lowest BCUT2D eigenvalue weighted by molar-refractivity contribution is 0.327. The molecular formula is C16H19N2. The summed E-state index contributed by atoms with van der Waals surface area (Å²) in [6, 6.07) is 13.0. The molecule has 1 fully saturated rings. The van der Waals surface area contributed by atoms with E-state index in [4.69, 9.17) is 5.10 Å². The number of benzene rings is 1. The van der Waals surface area contributed by atoms with Gasteiger partial charge in [-0.2, -0.15) is 5.10 Å². The van der Waals surface area contributed by atoms with Crippen molar-refractivity contribution < 1.29 is 0 Å². The van der Waals surface area contributed by atoms with Crippen LogP contribution in [0.3, 0.4) is 0 Å². The standard InChI is InChI=1S/C16H19N2/c1-13-12-16(14-8-4-2-5-9-14)17-18(13)15-10-6-3-7-11-15/h2,4-5,8-9,12,15H,1,3,6-7,10-11H2. The van der Waals surface area contributed by atoms with Gasteiger partial charge in [0.05, 0.1) is 11.7 Å². The van der Waals surface area contributed by atoms with Crippen LogP contribution < -0.4 is 0 Å². The molecule has 93 valence electrons. The molecule has 2 aromatic rings. The Bertz CT molecular complexity index is 507. The Morgan fingerprint density at radius 3 is 2.50 bits per heavy atom. The van der Waals surface area contributed by atoms with Crippen LogP contribution in [0, 0.1) is 6.92 Å². The molecule has 0 aliphatic heterocycles. The summed E-state index contributed by atoms with van der Waals surface area (Å²) < 4.78 is 2.14. The van der Waals surface area contributed by atoms with Crippen molar-refractivity contribution >= 4 is 0 Å². The number of nitrogens with zero attached hydrogens (tertiary/aromatic N) is 2. The molecule has 1 aromatic carbocycles. The number of rotatable bonds is 2. The summed E-state index contributed by atoms with van der Waals surface area (Å²) in [5.74, 6) is 0. The van der Waals surface area contributed by atoms with Crippen LogP contribution in [0.1, 0.15) is 43.8 Å². The predicted octanol–water partition coefficient (Wildman–Crippen LogP) is 4.24. The van der Waals surface area contributed by atoms with Crippen molar-refractivity contribution in [2.75, 3.05) is 0 Å². The molecule has 3 rings (SSSR count). The van der Waals surface area contributed by atoms with Crippen LogP contribution in [0.2, 0.25) is 0 Å². The third kappa shape index (κ3) is 2.20. The fourth-order valence-electron chi connectivity index (χ4n) is 2.82. The highest BCUT2D eigenvalue weighted by molar-refractivity contribution is 5.59. The summed E-state index contributed by atoms with van der Waals surface area (Å²) in [4.78, 5) is 0. The minimum Gasteiger partial charge on any atom is -0.266 e. The van der Waals surface area contributed by atoms with Gasteiger partial charge in [0.25, 0.3) is 0 Å². The molecule has 1 radical (unpaired) electrons. The molecular weight excluding hydrogens is 220 g/mol. The highest BCUT2D eigenvalue weighted by Gasteiger charge is 2.18. The fraction of sp³-hybridized carbons (Fsp3) is 0.375. The van der Waals surface area contributed by atoms with Gasteiger partial charge in [-0.1, -0.05) is 49.6 Å². The van der Waals surface area contributed by atoms with Gasteiger partial charge in [0, 0.05) is 11.3 Å². The SMILES string of the molecule is [CH2]c1cc(-c2ccccc2)nn1C1CCCCC1. The first-order valence-electron chi connectivity index (χ1n) is 6.81. The largest absolute Gasteiger partial charge is 0.266 e. The zero-order valence-electron chi connectivity index (χ0n) is 10.7. The lowest BCUT2D eigenvalue weighted by Crippen LogP contribution is -2.15. The lowest BCUT2D eigenvalue weighted by Gasteiger charge is -2.23. The number of aromatic nitrogens is 2. The van der Waals surface area contributed by atoms with Gasteiger partial charge in [-0.15, -0.1) is 0 Å². The first-order valence-corrected chi connectivity index (χ1v) is 6.81. The zero-order chi connectivity index (χ0) is 12.4. The smallest absolute Gasteiger partial charge is 0.0926 e. The fourth-order valence-corrected chi connectivity index (χ4v) is 2.82. The Labute approximate surface area is 109 Å². The van der Waals surface area contributed by atoms with Crippen LogP contribution in [-0.2, 0) is 0 Å². The second-order valence-electron chi connectivity index (χ2n) is 5.12. The molecule has 0 N–H and O–H groups in total. The molecule has 0 unspecified atom stereocenters. The molecule has 1 aliphatic carbocycles. The highest BCUT2D eigenvalue weighted by Crippen LogP contribution is 2.30. The Morgan fingerprint density at radius 1 is 1.06 bits per heavy atom. The second kappa shape index (κ2) is 4.97. The van der Waals surface area contributed by atoms with Crippen molar-refractivity contribution in [2.24, 2.45) is 0 Å². The van der Waals surface area contributed by atoms with E-state index in [1.807, 2.05) is 6.07 Å². The van der Waals surface area contributed by atoms with Gasteiger partial charge < -0.3 is 0 Å². The average Bonchev–Trinajstić information content (AvgIpc) is 2.83. The van der Waals surface area contributed by atoms with E-state index in [9.17, 15) is 0 Å². The van der Waals surface area contributed by atoms with E-state index in [0.717, 1.165) is 11.4 Å². The molecule has 1 heterocycles. The molecule has 0 bridgehead atoms. The van der Waals surface area contributed by atoms with E-state index in [2.05, 4.69) is 41.9 Å². The maximum absolute atomic E-state index is 4.76. The van der Waals surface area contributed by atoms with Crippen LogP contribution in [0.15, 0.2) is 36.4 Å². The van der Waals surface area contributed by atoms with E-state index in [1.165, 1.54) is 37.7 Å². The quantitative estimate of drug-likeness (QED) is 0.766. The van der Waals surface area contributed by atoms with E-state index >= 15 is 0 Å². The van der Waals surface area contributed by atoms with Crippen LogP contribution in [0.5, 0.6) is 0 Å². The van der Waals surface area contributed by atoms with E-state index < -0.39 is 0 Å². The van der Waals surface area contributed by atoms with Gasteiger partial charge >= 0.3 is 0 Å². The molecule has 2 nitrogen and oxygen atoms in total. The molecule has 0 spiro atoms. The van der Waals surface area contributed by atoms with Crippen molar-refractivity contribution in [3.05, 3.63) is 49.0 Å². The van der Waals surface area contributed by atoms with Crippen molar-refractivity contribution in [2.45, 2.75) is 38.1 Å². The molecule has 1 saturated carbocycles. The van der Waals surface area contributed by atoms with Gasteiger partial charge in [-0.3, -0.25) is 4.68 Å². The minimum absolute atomic E-state index is 0.559. The minimum atomic E-state index is 0.559.